The minimum absolute atomic E-state index is 0.0811. The third-order valence-corrected chi connectivity index (χ3v) is 7.17. The van der Waals surface area contributed by atoms with Crippen molar-refractivity contribution >= 4 is 29.1 Å². The molecule has 5 nitrogen and oxygen atoms in total. The summed E-state index contributed by atoms with van der Waals surface area (Å²) in [4.78, 5) is 47.8. The molecule has 3 aliphatic rings. The first-order valence-electron chi connectivity index (χ1n) is 10.7. The molecule has 5 heteroatoms. The lowest BCUT2D eigenvalue weighted by Crippen LogP contribution is -2.48. The molecule has 2 aliphatic heterocycles. The van der Waals surface area contributed by atoms with Gasteiger partial charge in [-0.3, -0.25) is 19.4 Å². The Morgan fingerprint density at radius 3 is 2.28 bits per heavy atom. The van der Waals surface area contributed by atoms with Crippen molar-refractivity contribution in [2.24, 2.45) is 5.41 Å². The summed E-state index contributed by atoms with van der Waals surface area (Å²) in [6.07, 6.45) is 7.23. The summed E-state index contributed by atoms with van der Waals surface area (Å²) in [5.74, 6) is -1.16. The number of carbonyl (C=O) groups excluding carboxylic acids is 3. The molecular formula is C27H20N2O3. The normalized spacial score (nSPS) is 24.4. The van der Waals surface area contributed by atoms with Crippen LogP contribution in [-0.2, 0) is 4.79 Å². The van der Waals surface area contributed by atoms with E-state index in [0.29, 0.717) is 11.1 Å². The van der Waals surface area contributed by atoms with Gasteiger partial charge in [-0.1, -0.05) is 60.7 Å². The Hall–Kier alpha value is -3.86. The van der Waals surface area contributed by atoms with E-state index in [9.17, 15) is 14.4 Å². The van der Waals surface area contributed by atoms with Gasteiger partial charge >= 0.3 is 0 Å². The molecule has 0 radical (unpaired) electrons. The number of ketones is 3. The van der Waals surface area contributed by atoms with Gasteiger partial charge in [-0.15, -0.1) is 0 Å². The molecule has 3 heterocycles. The number of anilines is 1. The van der Waals surface area contributed by atoms with Crippen molar-refractivity contribution in [3.63, 3.8) is 0 Å². The lowest BCUT2D eigenvalue weighted by Gasteiger charge is -2.37. The zero-order chi connectivity index (χ0) is 22.0. The first-order chi connectivity index (χ1) is 15.6. The predicted molar refractivity (Wildman–Crippen MR) is 121 cm³/mol. The maximum atomic E-state index is 14.1. The average molecular weight is 420 g/mol. The number of hydrogen-bond acceptors (Lipinski definition) is 5. The fourth-order valence-electron chi connectivity index (χ4n) is 6.00. The topological polar surface area (TPSA) is 67.3 Å². The van der Waals surface area contributed by atoms with Crippen molar-refractivity contribution in [1.82, 2.24) is 4.98 Å². The highest BCUT2D eigenvalue weighted by atomic mass is 16.2. The Balaban J connectivity index is 1.69. The third kappa shape index (κ3) is 2.18. The van der Waals surface area contributed by atoms with Crippen LogP contribution in [0.3, 0.4) is 0 Å². The second-order valence-electron chi connectivity index (χ2n) is 8.66. The Kier molecular flexibility index (Phi) is 3.87. The predicted octanol–water partition coefficient (Wildman–Crippen LogP) is 4.10. The molecule has 1 saturated heterocycles. The molecule has 1 aliphatic carbocycles. The molecule has 1 fully saturated rings. The first kappa shape index (κ1) is 18.9. The van der Waals surface area contributed by atoms with Crippen molar-refractivity contribution in [2.45, 2.75) is 24.9 Å². The van der Waals surface area contributed by atoms with E-state index in [0.717, 1.165) is 16.8 Å². The number of pyridine rings is 1. The van der Waals surface area contributed by atoms with Gasteiger partial charge < -0.3 is 4.90 Å². The van der Waals surface area contributed by atoms with E-state index in [-0.39, 0.29) is 17.3 Å². The number of carbonyl (C=O) groups is 3. The van der Waals surface area contributed by atoms with Crippen LogP contribution in [0, 0.1) is 5.41 Å². The van der Waals surface area contributed by atoms with Crippen LogP contribution in [0.2, 0.25) is 0 Å². The summed E-state index contributed by atoms with van der Waals surface area (Å²) in [7, 11) is 0. The second-order valence-corrected chi connectivity index (χ2v) is 8.66. The number of nitrogens with zero attached hydrogens (tertiary/aromatic N) is 2. The molecule has 0 saturated carbocycles. The Morgan fingerprint density at radius 2 is 1.62 bits per heavy atom. The van der Waals surface area contributed by atoms with Gasteiger partial charge in [-0.25, -0.2) is 0 Å². The summed E-state index contributed by atoms with van der Waals surface area (Å²) in [5.41, 5.74) is 2.00. The molecule has 6 rings (SSSR count). The van der Waals surface area contributed by atoms with Gasteiger partial charge in [0, 0.05) is 35.1 Å². The standard InChI is InChI=1S/C27H20N2O3/c1-16(30)24-23(18-8-6-14-28-15-18)27(25(31)19-9-3-4-10-20(19)26(27)32)22-13-12-17-7-2-5-11-21(17)29(22)24/h2-15,22-24H,1H3/t22-,23+,24-/m1/s1. The maximum Gasteiger partial charge on any atom is 0.180 e. The molecule has 0 unspecified atom stereocenters. The number of para-hydroxylation sites is 1. The maximum absolute atomic E-state index is 14.1. The van der Waals surface area contributed by atoms with E-state index in [4.69, 9.17) is 0 Å². The molecule has 1 aromatic heterocycles. The van der Waals surface area contributed by atoms with Crippen molar-refractivity contribution < 1.29 is 14.4 Å². The highest BCUT2D eigenvalue weighted by Gasteiger charge is 2.71. The van der Waals surface area contributed by atoms with E-state index in [1.807, 2.05) is 47.4 Å². The molecular weight excluding hydrogens is 400 g/mol. The molecule has 0 amide bonds. The summed E-state index contributed by atoms with van der Waals surface area (Å²) in [6.45, 7) is 1.54. The van der Waals surface area contributed by atoms with Crippen LogP contribution in [-0.4, -0.2) is 34.4 Å². The number of fused-ring (bicyclic) bond motifs is 5. The molecule has 1 spiro atoms. The average Bonchev–Trinajstić information content (AvgIpc) is 3.27. The molecule has 3 atom stereocenters. The van der Waals surface area contributed by atoms with Crippen molar-refractivity contribution in [2.75, 3.05) is 4.90 Å². The molecule has 0 bridgehead atoms. The number of aromatic nitrogens is 1. The van der Waals surface area contributed by atoms with E-state index >= 15 is 0 Å². The zero-order valence-electron chi connectivity index (χ0n) is 17.4. The summed E-state index contributed by atoms with van der Waals surface area (Å²) < 4.78 is 0. The van der Waals surface area contributed by atoms with Crippen LogP contribution in [0.4, 0.5) is 5.69 Å². The monoisotopic (exact) mass is 420 g/mol. The van der Waals surface area contributed by atoms with Crippen LogP contribution in [0.1, 0.15) is 44.7 Å². The van der Waals surface area contributed by atoms with Gasteiger partial charge in [0.15, 0.2) is 17.3 Å². The van der Waals surface area contributed by atoms with Gasteiger partial charge in [0.25, 0.3) is 0 Å². The lowest BCUT2D eigenvalue weighted by molar-refractivity contribution is -0.118. The van der Waals surface area contributed by atoms with Gasteiger partial charge in [0.1, 0.15) is 5.41 Å². The largest absolute Gasteiger partial charge is 0.352 e. The Labute approximate surface area is 185 Å². The fourth-order valence-corrected chi connectivity index (χ4v) is 6.00. The minimum atomic E-state index is -1.42. The highest BCUT2D eigenvalue weighted by molar-refractivity contribution is 6.32. The fraction of sp³-hybridized carbons (Fsp3) is 0.185. The number of Topliss-reactive ketones (excluding diaryl/α,β-unsaturated/α-hetero) is 3. The van der Waals surface area contributed by atoms with Gasteiger partial charge in [0.05, 0.1) is 12.1 Å². The number of benzene rings is 2. The van der Waals surface area contributed by atoms with E-state index < -0.39 is 23.4 Å². The molecule has 3 aromatic rings. The summed E-state index contributed by atoms with van der Waals surface area (Å²) in [6, 6.07) is 17.2. The summed E-state index contributed by atoms with van der Waals surface area (Å²) >= 11 is 0. The second kappa shape index (κ2) is 6.57. The molecule has 0 N–H and O–H groups in total. The summed E-state index contributed by atoms with van der Waals surface area (Å²) in [5, 5.41) is 0. The Bertz CT molecular complexity index is 1290. The van der Waals surface area contributed by atoms with Crippen LogP contribution >= 0.6 is 0 Å². The van der Waals surface area contributed by atoms with Crippen LogP contribution < -0.4 is 4.90 Å². The van der Waals surface area contributed by atoms with Crippen molar-refractivity contribution in [3.05, 3.63) is 101 Å². The van der Waals surface area contributed by atoms with Gasteiger partial charge in [-0.05, 0) is 30.2 Å². The van der Waals surface area contributed by atoms with Crippen LogP contribution in [0.25, 0.3) is 6.08 Å². The van der Waals surface area contributed by atoms with Gasteiger partial charge in [-0.2, -0.15) is 0 Å². The molecule has 156 valence electrons. The van der Waals surface area contributed by atoms with Crippen LogP contribution in [0.5, 0.6) is 0 Å². The zero-order valence-corrected chi connectivity index (χ0v) is 17.4. The molecule has 2 aromatic carbocycles. The third-order valence-electron chi connectivity index (χ3n) is 7.17. The SMILES string of the molecule is CC(=O)[C@@H]1[C@H](c2cccnc2)C2(C(=O)c3ccccc3C2=O)[C@H]2C=Cc3ccccc3N12. The van der Waals surface area contributed by atoms with Crippen molar-refractivity contribution in [1.29, 1.82) is 0 Å². The smallest absolute Gasteiger partial charge is 0.180 e. The highest BCUT2D eigenvalue weighted by Crippen LogP contribution is 2.60. The molecule has 32 heavy (non-hydrogen) atoms. The van der Waals surface area contributed by atoms with E-state index in [2.05, 4.69) is 4.98 Å². The van der Waals surface area contributed by atoms with Crippen molar-refractivity contribution in [3.8, 4) is 0 Å². The van der Waals surface area contributed by atoms with Crippen LogP contribution in [0.15, 0.2) is 79.1 Å². The van der Waals surface area contributed by atoms with E-state index in [1.165, 1.54) is 0 Å². The number of rotatable bonds is 2. The minimum Gasteiger partial charge on any atom is -0.352 e. The Morgan fingerprint density at radius 1 is 0.938 bits per heavy atom. The van der Waals surface area contributed by atoms with Gasteiger partial charge in [0.2, 0.25) is 0 Å². The van der Waals surface area contributed by atoms with E-state index in [1.54, 1.807) is 49.6 Å². The lowest BCUT2D eigenvalue weighted by atomic mass is 9.64. The quantitative estimate of drug-likeness (QED) is 0.584. The number of hydrogen-bond donors (Lipinski definition) is 0. The first-order valence-corrected chi connectivity index (χ1v) is 10.7.